The number of ether oxygens (including phenoxy) is 1. The van der Waals surface area contributed by atoms with Crippen LogP contribution in [0.2, 0.25) is 0 Å². The van der Waals surface area contributed by atoms with Crippen LogP contribution < -0.4 is 0 Å². The number of allylic oxidation sites excluding steroid dienone is 2. The van der Waals surface area contributed by atoms with Crippen molar-refractivity contribution < 1.29 is 24.9 Å². The topological polar surface area (TPSA) is 87.0 Å². The predicted octanol–water partition coefficient (Wildman–Crippen LogP) is 3.49. The number of aromatic hydroxyl groups is 3. The van der Waals surface area contributed by atoms with Crippen LogP contribution in [0, 0.1) is 0 Å². The van der Waals surface area contributed by atoms with Gasteiger partial charge in [0.05, 0.1) is 12.2 Å². The summed E-state index contributed by atoms with van der Waals surface area (Å²) in [5.74, 6) is -2.38. The van der Waals surface area contributed by atoms with E-state index >= 15 is 0 Å². The van der Waals surface area contributed by atoms with Gasteiger partial charge in [-0.1, -0.05) is 19.1 Å². The fourth-order valence-corrected chi connectivity index (χ4v) is 1.80. The Hall–Kier alpha value is -2.17. The number of carbonyl (C=O) groups is 1. The number of carbonyl (C=O) groups excluding carboxylic acids is 1. The molecular formula is C16H22O5. The quantitative estimate of drug-likeness (QED) is 0.296. The molecule has 0 aliphatic rings. The summed E-state index contributed by atoms with van der Waals surface area (Å²) in [6.45, 7) is 2.38. The molecule has 0 atom stereocenters. The minimum absolute atomic E-state index is 0.00804. The van der Waals surface area contributed by atoms with E-state index < -0.39 is 23.2 Å². The van der Waals surface area contributed by atoms with Crippen molar-refractivity contribution in [1.82, 2.24) is 0 Å². The van der Waals surface area contributed by atoms with Gasteiger partial charge in [-0.3, -0.25) is 0 Å². The summed E-state index contributed by atoms with van der Waals surface area (Å²) >= 11 is 0. The fourth-order valence-electron chi connectivity index (χ4n) is 1.80. The molecule has 0 saturated heterocycles. The lowest BCUT2D eigenvalue weighted by Crippen LogP contribution is -2.06. The zero-order valence-electron chi connectivity index (χ0n) is 12.2. The van der Waals surface area contributed by atoms with E-state index in [2.05, 4.69) is 19.1 Å². The lowest BCUT2D eigenvalue weighted by molar-refractivity contribution is 0.0497. The van der Waals surface area contributed by atoms with Gasteiger partial charge in [0.25, 0.3) is 0 Å². The van der Waals surface area contributed by atoms with E-state index in [0.29, 0.717) is 6.61 Å². The second kappa shape index (κ2) is 8.89. The lowest BCUT2D eigenvalue weighted by atomic mass is 10.2. The van der Waals surface area contributed by atoms with Crippen molar-refractivity contribution in [3.8, 4) is 17.2 Å². The molecule has 0 saturated carbocycles. The molecule has 0 spiro atoms. The van der Waals surface area contributed by atoms with Gasteiger partial charge < -0.3 is 20.1 Å². The molecule has 5 heteroatoms. The minimum atomic E-state index is -0.647. The number of benzene rings is 1. The predicted molar refractivity (Wildman–Crippen MR) is 79.6 cm³/mol. The average molecular weight is 294 g/mol. The van der Waals surface area contributed by atoms with E-state index in [1.165, 1.54) is 0 Å². The van der Waals surface area contributed by atoms with E-state index in [4.69, 9.17) is 4.74 Å². The number of hydrogen-bond acceptors (Lipinski definition) is 5. The van der Waals surface area contributed by atoms with Crippen LogP contribution in [0.25, 0.3) is 0 Å². The van der Waals surface area contributed by atoms with Crippen molar-refractivity contribution >= 4 is 5.97 Å². The monoisotopic (exact) mass is 294 g/mol. The molecule has 1 aromatic rings. The maximum Gasteiger partial charge on any atom is 0.338 e. The first-order valence-corrected chi connectivity index (χ1v) is 7.13. The highest BCUT2D eigenvalue weighted by atomic mass is 16.5. The third kappa shape index (κ3) is 5.77. The maximum absolute atomic E-state index is 11.7. The highest BCUT2D eigenvalue weighted by Crippen LogP contribution is 2.35. The van der Waals surface area contributed by atoms with Crippen LogP contribution in [0.4, 0.5) is 0 Å². The van der Waals surface area contributed by atoms with Gasteiger partial charge in [-0.05, 0) is 44.2 Å². The molecule has 1 aromatic carbocycles. The Morgan fingerprint density at radius 2 is 1.76 bits per heavy atom. The van der Waals surface area contributed by atoms with Gasteiger partial charge in [0, 0.05) is 0 Å². The van der Waals surface area contributed by atoms with Crippen molar-refractivity contribution in [3.05, 3.63) is 29.8 Å². The van der Waals surface area contributed by atoms with Gasteiger partial charge in [-0.25, -0.2) is 4.79 Å². The third-order valence-electron chi connectivity index (χ3n) is 2.96. The molecule has 0 fully saturated rings. The van der Waals surface area contributed by atoms with Gasteiger partial charge in [0.2, 0.25) is 0 Å². The molecular weight excluding hydrogens is 272 g/mol. The van der Waals surface area contributed by atoms with Crippen molar-refractivity contribution in [3.63, 3.8) is 0 Å². The minimum Gasteiger partial charge on any atom is -0.504 e. The van der Waals surface area contributed by atoms with Crippen LogP contribution in [0.3, 0.4) is 0 Å². The zero-order valence-corrected chi connectivity index (χ0v) is 12.2. The first kappa shape index (κ1) is 16.9. The van der Waals surface area contributed by atoms with Crippen molar-refractivity contribution in [2.45, 2.75) is 39.0 Å². The Labute approximate surface area is 124 Å². The smallest absolute Gasteiger partial charge is 0.338 e. The van der Waals surface area contributed by atoms with Crippen molar-refractivity contribution in [1.29, 1.82) is 0 Å². The van der Waals surface area contributed by atoms with Gasteiger partial charge in [-0.15, -0.1) is 0 Å². The molecule has 3 N–H and O–H groups in total. The van der Waals surface area contributed by atoms with Crippen LogP contribution in [-0.4, -0.2) is 27.9 Å². The molecule has 0 amide bonds. The van der Waals surface area contributed by atoms with Crippen LogP contribution >= 0.6 is 0 Å². The van der Waals surface area contributed by atoms with Gasteiger partial charge in [0.1, 0.15) is 0 Å². The Morgan fingerprint density at radius 3 is 2.38 bits per heavy atom. The Balaban J connectivity index is 2.30. The van der Waals surface area contributed by atoms with Crippen LogP contribution in [0.15, 0.2) is 24.3 Å². The summed E-state index contributed by atoms with van der Waals surface area (Å²) in [6.07, 6.45) is 9.13. The molecule has 1 rings (SSSR count). The molecule has 0 bridgehead atoms. The van der Waals surface area contributed by atoms with E-state index in [1.54, 1.807) is 0 Å². The Morgan fingerprint density at radius 1 is 1.10 bits per heavy atom. The molecule has 5 nitrogen and oxygen atoms in total. The normalized spacial score (nSPS) is 10.9. The number of hydrogen-bond donors (Lipinski definition) is 3. The van der Waals surface area contributed by atoms with E-state index in [9.17, 15) is 20.1 Å². The number of esters is 1. The number of unbranched alkanes of at least 4 members (excludes halogenated alkanes) is 3. The molecule has 0 radical (unpaired) electrons. The number of phenols is 3. The molecule has 0 heterocycles. The van der Waals surface area contributed by atoms with E-state index in [0.717, 1.165) is 44.2 Å². The SMILES string of the molecule is CC/C=C\CCCCCOC(=O)c1cc(O)c(O)c(O)c1. The lowest BCUT2D eigenvalue weighted by Gasteiger charge is -2.07. The summed E-state index contributed by atoms with van der Waals surface area (Å²) < 4.78 is 5.04. The van der Waals surface area contributed by atoms with Gasteiger partial charge >= 0.3 is 5.97 Å². The molecule has 21 heavy (non-hydrogen) atoms. The number of rotatable bonds is 8. The van der Waals surface area contributed by atoms with Crippen molar-refractivity contribution in [2.75, 3.05) is 6.61 Å². The molecule has 0 aliphatic carbocycles. The standard InChI is InChI=1S/C16H22O5/c1-2-3-4-5-6-7-8-9-21-16(20)12-10-13(17)15(19)14(18)11-12/h3-4,10-11,17-19H,2,5-9H2,1H3/b4-3-. The summed E-state index contributed by atoms with van der Waals surface area (Å²) in [6, 6.07) is 2.12. The van der Waals surface area contributed by atoms with E-state index in [-0.39, 0.29) is 5.56 Å². The number of phenolic OH excluding ortho intramolecular Hbond substituents is 3. The maximum atomic E-state index is 11.7. The van der Waals surface area contributed by atoms with E-state index in [1.807, 2.05) is 0 Å². The largest absolute Gasteiger partial charge is 0.504 e. The average Bonchev–Trinajstić information content (AvgIpc) is 2.46. The first-order chi connectivity index (χ1) is 10.1. The molecule has 116 valence electrons. The third-order valence-corrected chi connectivity index (χ3v) is 2.96. The highest BCUT2D eigenvalue weighted by molar-refractivity contribution is 5.91. The zero-order chi connectivity index (χ0) is 15.7. The second-order valence-corrected chi connectivity index (χ2v) is 4.73. The van der Waals surface area contributed by atoms with Gasteiger partial charge in [0.15, 0.2) is 17.2 Å². The van der Waals surface area contributed by atoms with Crippen LogP contribution in [-0.2, 0) is 4.74 Å². The Kier molecular flexibility index (Phi) is 7.15. The fraction of sp³-hybridized carbons (Fsp3) is 0.438. The van der Waals surface area contributed by atoms with Crippen LogP contribution in [0.5, 0.6) is 17.2 Å². The summed E-state index contributed by atoms with van der Waals surface area (Å²) in [7, 11) is 0. The van der Waals surface area contributed by atoms with Gasteiger partial charge in [-0.2, -0.15) is 0 Å². The molecule has 0 aromatic heterocycles. The van der Waals surface area contributed by atoms with Crippen LogP contribution in [0.1, 0.15) is 49.4 Å². The van der Waals surface area contributed by atoms with Crippen molar-refractivity contribution in [2.24, 2.45) is 0 Å². The summed E-state index contributed by atoms with van der Waals surface area (Å²) in [4.78, 5) is 11.7. The molecule has 0 aliphatic heterocycles. The molecule has 0 unspecified atom stereocenters. The highest BCUT2D eigenvalue weighted by Gasteiger charge is 2.14. The summed E-state index contributed by atoms with van der Waals surface area (Å²) in [5, 5.41) is 27.8. The Bertz CT molecular complexity index is 470. The first-order valence-electron chi connectivity index (χ1n) is 7.13. The second-order valence-electron chi connectivity index (χ2n) is 4.73. The summed E-state index contributed by atoms with van der Waals surface area (Å²) in [5.41, 5.74) is 0.00804.